The summed E-state index contributed by atoms with van der Waals surface area (Å²) in [5.41, 5.74) is 1.24. The van der Waals surface area contributed by atoms with Crippen LogP contribution in [0.1, 0.15) is 5.56 Å². The van der Waals surface area contributed by atoms with Crippen molar-refractivity contribution < 1.29 is 17.9 Å². The van der Waals surface area contributed by atoms with E-state index in [1.807, 2.05) is 49.3 Å². The second-order valence-corrected chi connectivity index (χ2v) is 9.06. The summed E-state index contributed by atoms with van der Waals surface area (Å²) in [7, 11) is -0.121. The summed E-state index contributed by atoms with van der Waals surface area (Å²) in [5.74, 6) is -0.0225. The fourth-order valence-corrected chi connectivity index (χ4v) is 4.74. The first-order chi connectivity index (χ1) is 13.3. The van der Waals surface area contributed by atoms with Crippen LogP contribution in [0.4, 0.5) is 5.69 Å². The number of likely N-dealkylation sites (N-methyl/N-ethyl adjacent to an activating group) is 1. The fourth-order valence-electron chi connectivity index (χ4n) is 2.80. The number of anilines is 1. The van der Waals surface area contributed by atoms with Gasteiger partial charge in [0.15, 0.2) is 6.61 Å². The molecule has 0 bridgehead atoms. The van der Waals surface area contributed by atoms with Crippen LogP contribution < -0.4 is 10.1 Å². The zero-order chi connectivity index (χ0) is 20.3. The van der Waals surface area contributed by atoms with E-state index in [2.05, 4.69) is 5.32 Å². The molecular formula is C19H22ClN3O4S. The SMILES string of the molecule is CN(C)CCN(Cc1ccccc1)S(=O)(=O)c1cc2c(cc1Cl)NC(=O)CO2. The van der Waals surface area contributed by atoms with Crippen molar-refractivity contribution in [3.63, 3.8) is 0 Å². The van der Waals surface area contributed by atoms with E-state index >= 15 is 0 Å². The van der Waals surface area contributed by atoms with Gasteiger partial charge in [0, 0.05) is 25.7 Å². The van der Waals surface area contributed by atoms with Crippen molar-refractivity contribution in [2.24, 2.45) is 0 Å². The lowest BCUT2D eigenvalue weighted by molar-refractivity contribution is -0.118. The summed E-state index contributed by atoms with van der Waals surface area (Å²) in [6.07, 6.45) is 0. The lowest BCUT2D eigenvalue weighted by Crippen LogP contribution is -2.36. The van der Waals surface area contributed by atoms with Crippen molar-refractivity contribution in [2.75, 3.05) is 39.1 Å². The van der Waals surface area contributed by atoms with Gasteiger partial charge >= 0.3 is 0 Å². The molecular weight excluding hydrogens is 402 g/mol. The van der Waals surface area contributed by atoms with E-state index in [9.17, 15) is 13.2 Å². The molecule has 0 aliphatic carbocycles. The van der Waals surface area contributed by atoms with E-state index in [0.29, 0.717) is 18.8 Å². The minimum atomic E-state index is -3.89. The number of nitrogens with zero attached hydrogens (tertiary/aromatic N) is 2. The highest BCUT2D eigenvalue weighted by Gasteiger charge is 2.30. The molecule has 2 aromatic rings. The molecule has 1 amide bonds. The van der Waals surface area contributed by atoms with Crippen molar-refractivity contribution in [3.8, 4) is 5.75 Å². The number of halogens is 1. The molecule has 0 saturated carbocycles. The Bertz CT molecular complexity index is 965. The molecule has 0 fully saturated rings. The number of sulfonamides is 1. The molecule has 3 rings (SSSR count). The number of fused-ring (bicyclic) bond motifs is 1. The van der Waals surface area contributed by atoms with Crippen LogP contribution in [-0.4, -0.2) is 57.3 Å². The van der Waals surface area contributed by atoms with E-state index in [4.69, 9.17) is 16.3 Å². The van der Waals surface area contributed by atoms with Crippen LogP contribution in [0.5, 0.6) is 5.75 Å². The Labute approximate surface area is 169 Å². The van der Waals surface area contributed by atoms with Crippen LogP contribution >= 0.6 is 11.6 Å². The lowest BCUT2D eigenvalue weighted by atomic mass is 10.2. The van der Waals surface area contributed by atoms with E-state index in [0.717, 1.165) is 5.56 Å². The van der Waals surface area contributed by atoms with Gasteiger partial charge in [0.1, 0.15) is 10.6 Å². The number of carbonyl (C=O) groups excluding carboxylic acids is 1. The zero-order valence-corrected chi connectivity index (χ0v) is 17.3. The molecule has 0 aromatic heterocycles. The number of ether oxygens (including phenoxy) is 1. The largest absolute Gasteiger partial charge is 0.482 e. The van der Waals surface area contributed by atoms with Crippen molar-refractivity contribution >= 4 is 33.2 Å². The Morgan fingerprint density at radius 3 is 2.54 bits per heavy atom. The number of hydrogen-bond donors (Lipinski definition) is 1. The highest BCUT2D eigenvalue weighted by molar-refractivity contribution is 7.89. The van der Waals surface area contributed by atoms with Gasteiger partial charge in [0.2, 0.25) is 10.0 Å². The topological polar surface area (TPSA) is 79.0 Å². The summed E-state index contributed by atoms with van der Waals surface area (Å²) >= 11 is 6.28. The van der Waals surface area contributed by atoms with Crippen molar-refractivity contribution in [1.82, 2.24) is 9.21 Å². The molecule has 0 unspecified atom stereocenters. The predicted molar refractivity (Wildman–Crippen MR) is 108 cm³/mol. The second-order valence-electron chi connectivity index (χ2n) is 6.74. The lowest BCUT2D eigenvalue weighted by Gasteiger charge is -2.26. The second kappa shape index (κ2) is 8.48. The molecule has 7 nitrogen and oxygen atoms in total. The molecule has 0 spiro atoms. The van der Waals surface area contributed by atoms with Gasteiger partial charge < -0.3 is 15.0 Å². The molecule has 0 radical (unpaired) electrons. The monoisotopic (exact) mass is 423 g/mol. The Morgan fingerprint density at radius 2 is 1.86 bits per heavy atom. The Morgan fingerprint density at radius 1 is 1.14 bits per heavy atom. The Kier molecular flexibility index (Phi) is 6.24. The molecule has 0 atom stereocenters. The molecule has 1 aliphatic heterocycles. The van der Waals surface area contributed by atoms with Crippen LogP contribution in [0.2, 0.25) is 5.02 Å². The van der Waals surface area contributed by atoms with E-state index in [1.54, 1.807) is 0 Å². The number of nitrogens with one attached hydrogen (secondary N) is 1. The van der Waals surface area contributed by atoms with Crippen LogP contribution in [0.3, 0.4) is 0 Å². The quantitative estimate of drug-likeness (QED) is 0.739. The Hall–Kier alpha value is -2.13. The molecule has 1 heterocycles. The van der Waals surface area contributed by atoms with Gasteiger partial charge in [0.05, 0.1) is 10.7 Å². The fraction of sp³-hybridized carbons (Fsp3) is 0.316. The number of hydrogen-bond acceptors (Lipinski definition) is 5. The van der Waals surface area contributed by atoms with Crippen LogP contribution in [0.15, 0.2) is 47.4 Å². The number of amides is 1. The average Bonchev–Trinajstić information content (AvgIpc) is 2.64. The van der Waals surface area contributed by atoms with E-state index in [1.165, 1.54) is 16.4 Å². The first-order valence-corrected chi connectivity index (χ1v) is 10.5. The minimum absolute atomic E-state index is 0.0347. The van der Waals surface area contributed by atoms with Gasteiger partial charge in [0.25, 0.3) is 5.91 Å². The molecule has 150 valence electrons. The molecule has 28 heavy (non-hydrogen) atoms. The third-order valence-electron chi connectivity index (χ3n) is 4.28. The third-order valence-corrected chi connectivity index (χ3v) is 6.59. The zero-order valence-electron chi connectivity index (χ0n) is 15.7. The van der Waals surface area contributed by atoms with Crippen molar-refractivity contribution in [3.05, 3.63) is 53.1 Å². The van der Waals surface area contributed by atoms with Gasteiger partial charge in [-0.25, -0.2) is 8.42 Å². The molecule has 1 aliphatic rings. The van der Waals surface area contributed by atoms with Crippen molar-refractivity contribution in [2.45, 2.75) is 11.4 Å². The first kappa shape index (κ1) is 20.6. The van der Waals surface area contributed by atoms with Gasteiger partial charge in [-0.3, -0.25) is 4.79 Å². The number of benzene rings is 2. The molecule has 9 heteroatoms. The molecule has 2 aromatic carbocycles. The third kappa shape index (κ3) is 4.64. The van der Waals surface area contributed by atoms with Gasteiger partial charge in [-0.05, 0) is 25.7 Å². The normalized spacial score (nSPS) is 14.0. The van der Waals surface area contributed by atoms with Crippen LogP contribution in [0.25, 0.3) is 0 Å². The number of rotatable bonds is 7. The summed E-state index contributed by atoms with van der Waals surface area (Å²) in [4.78, 5) is 13.3. The summed E-state index contributed by atoms with van der Waals surface area (Å²) < 4.78 is 33.6. The Balaban J connectivity index is 1.97. The van der Waals surface area contributed by atoms with Gasteiger partial charge in [-0.1, -0.05) is 41.9 Å². The summed E-state index contributed by atoms with van der Waals surface area (Å²) in [6, 6.07) is 12.2. The maximum Gasteiger partial charge on any atom is 0.262 e. The summed E-state index contributed by atoms with van der Waals surface area (Å²) in [5, 5.41) is 2.66. The maximum atomic E-state index is 13.4. The smallest absolute Gasteiger partial charge is 0.262 e. The molecule has 1 N–H and O–H groups in total. The maximum absolute atomic E-state index is 13.4. The van der Waals surface area contributed by atoms with Gasteiger partial charge in [-0.15, -0.1) is 0 Å². The van der Waals surface area contributed by atoms with E-state index in [-0.39, 0.29) is 34.7 Å². The minimum Gasteiger partial charge on any atom is -0.482 e. The highest BCUT2D eigenvalue weighted by atomic mass is 35.5. The number of carbonyl (C=O) groups is 1. The molecule has 0 saturated heterocycles. The average molecular weight is 424 g/mol. The standard InChI is InChI=1S/C19H22ClN3O4S/c1-22(2)8-9-23(12-14-6-4-3-5-7-14)28(25,26)18-11-17-16(10-15(18)20)21-19(24)13-27-17/h3-7,10-11H,8-9,12-13H2,1-2H3,(H,21,24). The first-order valence-electron chi connectivity index (χ1n) is 8.72. The predicted octanol–water partition coefficient (Wildman–Crippen LogP) is 2.42. The highest BCUT2D eigenvalue weighted by Crippen LogP contribution is 2.37. The van der Waals surface area contributed by atoms with Crippen LogP contribution in [0, 0.1) is 0 Å². The van der Waals surface area contributed by atoms with E-state index < -0.39 is 10.0 Å². The van der Waals surface area contributed by atoms with Crippen LogP contribution in [-0.2, 0) is 21.4 Å². The summed E-state index contributed by atoms with van der Waals surface area (Å²) in [6.45, 7) is 0.918. The van der Waals surface area contributed by atoms with Crippen molar-refractivity contribution in [1.29, 1.82) is 0 Å². The van der Waals surface area contributed by atoms with Gasteiger partial charge in [-0.2, -0.15) is 4.31 Å².